The Labute approximate surface area is 196 Å². The molecule has 0 amide bonds. The molecule has 33 heavy (non-hydrogen) atoms. The molecular weight excluding hydrogens is 507 g/mol. The van der Waals surface area contributed by atoms with Crippen LogP contribution in [0.1, 0.15) is 0 Å². The number of halogens is 5. The summed E-state index contributed by atoms with van der Waals surface area (Å²) in [5, 5.41) is 2.50. The SMILES string of the molecule is Fc1cc([N](F)[Zn][O][Si](c2ccccc2)(c2ccccc2)c2ccccc2)c(F)c(F)c1F. The molecule has 4 rings (SSSR count). The third kappa shape index (κ3) is 4.49. The Balaban J connectivity index is 1.82. The van der Waals surface area contributed by atoms with Gasteiger partial charge in [-0.1, -0.05) is 0 Å². The summed E-state index contributed by atoms with van der Waals surface area (Å²) in [4.78, 5) is 0. The molecule has 0 fully saturated rings. The van der Waals surface area contributed by atoms with Crippen LogP contribution in [0.3, 0.4) is 0 Å². The van der Waals surface area contributed by atoms with E-state index in [0.717, 1.165) is 15.6 Å². The summed E-state index contributed by atoms with van der Waals surface area (Å²) >= 11 is -2.98. The maximum absolute atomic E-state index is 15.1. The second-order valence-corrected chi connectivity index (χ2v) is 14.1. The predicted octanol–water partition coefficient (Wildman–Crippen LogP) is 4.53. The molecule has 164 valence electrons. The molecule has 0 unspecified atom stereocenters. The van der Waals surface area contributed by atoms with Gasteiger partial charge < -0.3 is 0 Å². The van der Waals surface area contributed by atoms with Crippen molar-refractivity contribution in [1.82, 2.24) is 0 Å². The Morgan fingerprint density at radius 1 is 0.606 bits per heavy atom. The van der Waals surface area contributed by atoms with E-state index in [0.29, 0.717) is 6.07 Å². The zero-order valence-corrected chi connectivity index (χ0v) is 21.2. The second-order valence-electron chi connectivity index (χ2n) is 7.23. The van der Waals surface area contributed by atoms with Gasteiger partial charge in [0.25, 0.3) is 0 Å². The zero-order chi connectivity index (χ0) is 23.4. The van der Waals surface area contributed by atoms with Crippen LogP contribution in [-0.4, -0.2) is 8.32 Å². The van der Waals surface area contributed by atoms with E-state index in [1.807, 2.05) is 91.0 Å². The molecule has 0 radical (unpaired) electrons. The van der Waals surface area contributed by atoms with Gasteiger partial charge in [0.2, 0.25) is 0 Å². The molecule has 0 heterocycles. The molecule has 4 aromatic rings. The summed E-state index contributed by atoms with van der Waals surface area (Å²) < 4.78 is 76.3. The molecule has 2 nitrogen and oxygen atoms in total. The van der Waals surface area contributed by atoms with Crippen LogP contribution < -0.4 is 19.4 Å². The maximum atomic E-state index is 15.1. The Morgan fingerprint density at radius 2 is 1.03 bits per heavy atom. The normalized spacial score (nSPS) is 11.2. The number of anilines is 1. The van der Waals surface area contributed by atoms with Crippen molar-refractivity contribution in [3.63, 3.8) is 0 Å². The first-order chi connectivity index (χ1) is 15.9. The molecule has 0 saturated heterocycles. The number of nitrogens with zero attached hydrogens (tertiary/aromatic N) is 1. The molecule has 0 spiro atoms. The van der Waals surface area contributed by atoms with E-state index in [-0.39, 0.29) is 3.86 Å². The minimum absolute atomic E-state index is 0.0789. The van der Waals surface area contributed by atoms with Crippen molar-refractivity contribution >= 4 is 29.6 Å². The van der Waals surface area contributed by atoms with Gasteiger partial charge in [-0.25, -0.2) is 0 Å². The van der Waals surface area contributed by atoms with Gasteiger partial charge in [0.15, 0.2) is 0 Å². The van der Waals surface area contributed by atoms with E-state index in [9.17, 15) is 17.6 Å². The van der Waals surface area contributed by atoms with Crippen LogP contribution in [0, 0.1) is 23.3 Å². The molecule has 0 atom stereocenters. The van der Waals surface area contributed by atoms with Gasteiger partial charge in [-0.3, -0.25) is 0 Å². The molecule has 4 aromatic carbocycles. The van der Waals surface area contributed by atoms with E-state index in [2.05, 4.69) is 0 Å². The number of hydrogen-bond acceptors (Lipinski definition) is 2. The van der Waals surface area contributed by atoms with Crippen molar-refractivity contribution < 1.29 is 43.0 Å². The fraction of sp³-hybridized carbons (Fsp3) is 0. The molecule has 0 aliphatic heterocycles. The summed E-state index contributed by atoms with van der Waals surface area (Å²) in [5.74, 6) is -7.52. The van der Waals surface area contributed by atoms with Crippen molar-refractivity contribution in [3.8, 4) is 0 Å². The summed E-state index contributed by atoms with van der Waals surface area (Å²) in [5.41, 5.74) is -1.01. The third-order valence-corrected chi connectivity index (χ3v) is 14.0. The second kappa shape index (κ2) is 9.95. The molecule has 0 N–H and O–H groups in total. The average Bonchev–Trinajstić information content (AvgIpc) is 2.87. The monoisotopic (exact) mass is 521 g/mol. The summed E-state index contributed by atoms with van der Waals surface area (Å²) in [6, 6.07) is 28.2. The summed E-state index contributed by atoms with van der Waals surface area (Å²) in [6.07, 6.45) is 0. The summed E-state index contributed by atoms with van der Waals surface area (Å²) in [6.45, 7) is 0. The van der Waals surface area contributed by atoms with Gasteiger partial charge in [-0.15, -0.1) is 0 Å². The van der Waals surface area contributed by atoms with E-state index in [1.54, 1.807) is 0 Å². The molecule has 0 aromatic heterocycles. The Kier molecular flexibility index (Phi) is 7.02. The molecule has 0 aliphatic carbocycles. The zero-order valence-electron chi connectivity index (χ0n) is 17.2. The van der Waals surface area contributed by atoms with Crippen molar-refractivity contribution in [2.24, 2.45) is 0 Å². The topological polar surface area (TPSA) is 12.5 Å². The Morgan fingerprint density at radius 3 is 1.45 bits per heavy atom. The van der Waals surface area contributed by atoms with Crippen molar-refractivity contribution in [1.29, 1.82) is 0 Å². The van der Waals surface area contributed by atoms with Crippen LogP contribution in [-0.2, 0) is 21.0 Å². The van der Waals surface area contributed by atoms with Crippen LogP contribution in [0.4, 0.5) is 27.7 Å². The standard InChI is InChI=1S/C18H15OSi.C6HF5N.Zn/c19-20(16-10-4-1-5-11-16,17-12-6-2-7-13-17)18-14-8-3-9-15-18;7-2-1-3(12-11)5(9)6(10)4(2)8;/h1-15H;1H;/q2*-1;+2. The minimum atomic E-state index is -3.26. The fourth-order valence-electron chi connectivity index (χ4n) is 3.73. The first-order valence-corrected chi connectivity index (χ1v) is 14.5. The van der Waals surface area contributed by atoms with Gasteiger partial charge in [-0.05, 0) is 0 Å². The van der Waals surface area contributed by atoms with E-state index in [4.69, 9.17) is 3.25 Å². The van der Waals surface area contributed by atoms with Gasteiger partial charge in [0, 0.05) is 0 Å². The molecule has 0 bridgehead atoms. The molecule has 0 saturated carbocycles. The Hall–Kier alpha value is -2.87. The first kappa shape index (κ1) is 23.3. The van der Waals surface area contributed by atoms with Gasteiger partial charge in [0.1, 0.15) is 0 Å². The third-order valence-electron chi connectivity index (χ3n) is 5.28. The van der Waals surface area contributed by atoms with Gasteiger partial charge >= 0.3 is 197 Å². The van der Waals surface area contributed by atoms with Crippen molar-refractivity contribution in [2.45, 2.75) is 0 Å². The number of hydrogen-bond donors (Lipinski definition) is 0. The first-order valence-electron chi connectivity index (χ1n) is 10.0. The average molecular weight is 523 g/mol. The van der Waals surface area contributed by atoms with Crippen LogP contribution in [0.25, 0.3) is 0 Å². The van der Waals surface area contributed by atoms with Crippen LogP contribution in [0.15, 0.2) is 97.1 Å². The van der Waals surface area contributed by atoms with Crippen LogP contribution in [0.5, 0.6) is 0 Å². The van der Waals surface area contributed by atoms with Crippen molar-refractivity contribution in [2.75, 3.05) is 3.86 Å². The van der Waals surface area contributed by atoms with Crippen molar-refractivity contribution in [3.05, 3.63) is 120 Å². The summed E-state index contributed by atoms with van der Waals surface area (Å²) in [7, 11) is -3.26. The van der Waals surface area contributed by atoms with E-state index >= 15 is 4.48 Å². The van der Waals surface area contributed by atoms with Gasteiger partial charge in [-0.2, -0.15) is 0 Å². The molecule has 9 heteroatoms. The molecular formula is C24H16F5NOSiZn. The van der Waals surface area contributed by atoms with Crippen LogP contribution in [0.2, 0.25) is 0 Å². The predicted molar refractivity (Wildman–Crippen MR) is 115 cm³/mol. The quantitative estimate of drug-likeness (QED) is 0.0883. The molecule has 0 aliphatic rings. The fourth-order valence-corrected chi connectivity index (χ4v) is 13.4. The number of benzene rings is 4. The van der Waals surface area contributed by atoms with Crippen LogP contribution >= 0.6 is 0 Å². The number of rotatable bonds is 7. The Bertz CT molecular complexity index is 1140. The van der Waals surface area contributed by atoms with Gasteiger partial charge in [0.05, 0.1) is 0 Å². The van der Waals surface area contributed by atoms with E-state index in [1.165, 1.54) is 0 Å². The van der Waals surface area contributed by atoms with E-state index < -0.39 is 55.0 Å².